The Morgan fingerprint density at radius 1 is 0.864 bits per heavy atom. The number of benzene rings is 1. The van der Waals surface area contributed by atoms with Crippen LogP contribution in [0.5, 0.6) is 0 Å². The summed E-state index contributed by atoms with van der Waals surface area (Å²) in [6.07, 6.45) is 5.39. The van der Waals surface area contributed by atoms with Crippen molar-refractivity contribution in [1.82, 2.24) is 0 Å². The molecule has 3 heteroatoms. The molecule has 1 heterocycles. The molecule has 22 heavy (non-hydrogen) atoms. The molecule has 0 unspecified atom stereocenters. The van der Waals surface area contributed by atoms with Crippen molar-refractivity contribution < 1.29 is 9.31 Å². The Balaban J connectivity index is 1.70. The van der Waals surface area contributed by atoms with Crippen molar-refractivity contribution in [1.29, 1.82) is 0 Å². The molecule has 0 atom stereocenters. The summed E-state index contributed by atoms with van der Waals surface area (Å²) in [6, 6.07) is 8.94. The highest BCUT2D eigenvalue weighted by molar-refractivity contribution is 6.62. The molecular weight excluding hydrogens is 271 g/mol. The van der Waals surface area contributed by atoms with Gasteiger partial charge in [-0.1, -0.05) is 44.0 Å². The van der Waals surface area contributed by atoms with E-state index in [0.29, 0.717) is 0 Å². The maximum absolute atomic E-state index is 6.13. The molecule has 1 saturated heterocycles. The number of hydrogen-bond donors (Lipinski definition) is 0. The highest BCUT2D eigenvalue weighted by Crippen LogP contribution is 2.37. The zero-order chi connectivity index (χ0) is 16.0. The first kappa shape index (κ1) is 16.1. The fourth-order valence-electron chi connectivity index (χ4n) is 3.50. The van der Waals surface area contributed by atoms with Crippen molar-refractivity contribution in [3.8, 4) is 0 Å². The first-order valence-electron chi connectivity index (χ1n) is 8.74. The molecule has 1 aliphatic heterocycles. The molecule has 2 nitrogen and oxygen atoms in total. The molecule has 0 radical (unpaired) electrons. The van der Waals surface area contributed by atoms with Crippen molar-refractivity contribution in [2.45, 2.75) is 77.4 Å². The molecule has 2 aliphatic rings. The topological polar surface area (TPSA) is 18.5 Å². The van der Waals surface area contributed by atoms with Gasteiger partial charge in [0.1, 0.15) is 0 Å². The van der Waals surface area contributed by atoms with Gasteiger partial charge in [-0.15, -0.1) is 0 Å². The van der Waals surface area contributed by atoms with Crippen LogP contribution in [-0.2, 0) is 9.31 Å². The van der Waals surface area contributed by atoms with Crippen LogP contribution in [0.15, 0.2) is 24.3 Å². The van der Waals surface area contributed by atoms with Crippen LogP contribution in [0.2, 0.25) is 0 Å². The lowest BCUT2D eigenvalue weighted by molar-refractivity contribution is 0.00578. The first-order valence-corrected chi connectivity index (χ1v) is 8.74. The Hall–Kier alpha value is -0.795. The van der Waals surface area contributed by atoms with E-state index in [9.17, 15) is 0 Å². The fraction of sp³-hybridized carbons (Fsp3) is 0.684. The Morgan fingerprint density at radius 3 is 1.86 bits per heavy atom. The van der Waals surface area contributed by atoms with E-state index >= 15 is 0 Å². The summed E-state index contributed by atoms with van der Waals surface area (Å²) in [6.45, 7) is 10.8. The predicted molar refractivity (Wildman–Crippen MR) is 92.5 cm³/mol. The van der Waals surface area contributed by atoms with Gasteiger partial charge in [0.25, 0.3) is 0 Å². The fourth-order valence-corrected chi connectivity index (χ4v) is 3.50. The van der Waals surface area contributed by atoms with Crippen LogP contribution in [0.4, 0.5) is 0 Å². The number of rotatable bonds is 2. The third-order valence-electron chi connectivity index (χ3n) is 5.95. The van der Waals surface area contributed by atoms with Crippen molar-refractivity contribution >= 4 is 12.6 Å². The molecule has 1 aliphatic carbocycles. The van der Waals surface area contributed by atoms with Crippen LogP contribution in [-0.4, -0.2) is 18.3 Å². The lowest BCUT2D eigenvalue weighted by Gasteiger charge is -2.32. The van der Waals surface area contributed by atoms with Crippen molar-refractivity contribution in [3.63, 3.8) is 0 Å². The van der Waals surface area contributed by atoms with Gasteiger partial charge >= 0.3 is 7.12 Å². The zero-order valence-corrected chi connectivity index (χ0v) is 14.7. The van der Waals surface area contributed by atoms with Gasteiger partial charge in [-0.25, -0.2) is 0 Å². The predicted octanol–water partition coefficient (Wildman–Crippen LogP) is 4.28. The number of hydrogen-bond acceptors (Lipinski definition) is 2. The summed E-state index contributed by atoms with van der Waals surface area (Å²) in [7, 11) is -0.245. The summed E-state index contributed by atoms with van der Waals surface area (Å²) >= 11 is 0. The monoisotopic (exact) mass is 300 g/mol. The minimum Gasteiger partial charge on any atom is -0.399 e. The molecule has 3 rings (SSSR count). The van der Waals surface area contributed by atoms with E-state index in [1.54, 1.807) is 0 Å². The van der Waals surface area contributed by atoms with E-state index in [0.717, 1.165) is 17.3 Å². The van der Waals surface area contributed by atoms with Gasteiger partial charge in [0, 0.05) is 0 Å². The van der Waals surface area contributed by atoms with E-state index in [-0.39, 0.29) is 18.3 Å². The minimum atomic E-state index is -0.268. The average molecular weight is 300 g/mol. The summed E-state index contributed by atoms with van der Waals surface area (Å²) in [5.41, 5.74) is 2.07. The van der Waals surface area contributed by atoms with E-state index < -0.39 is 0 Å². The maximum atomic E-state index is 6.13. The second kappa shape index (κ2) is 5.69. The summed E-state index contributed by atoms with van der Waals surface area (Å²) in [5, 5.41) is 0. The standard InChI is InChI=1S/C19H29BO2/c1-14-6-8-15(9-7-14)16-10-12-17(13-11-16)20-21-18(2,3)19(4,5)22-20/h10-15H,6-9H2,1-5H3/t14-,15-. The summed E-state index contributed by atoms with van der Waals surface area (Å²) < 4.78 is 12.3. The molecule has 0 aromatic heterocycles. The first-order chi connectivity index (χ1) is 10.3. The van der Waals surface area contributed by atoms with Gasteiger partial charge in [-0.2, -0.15) is 0 Å². The normalized spacial score (nSPS) is 30.5. The van der Waals surface area contributed by atoms with E-state index in [4.69, 9.17) is 9.31 Å². The van der Waals surface area contributed by atoms with Gasteiger partial charge in [0.2, 0.25) is 0 Å². The Kier molecular flexibility index (Phi) is 4.15. The van der Waals surface area contributed by atoms with Crippen LogP contribution in [0, 0.1) is 5.92 Å². The van der Waals surface area contributed by atoms with Crippen molar-refractivity contribution in [2.75, 3.05) is 0 Å². The smallest absolute Gasteiger partial charge is 0.399 e. The lowest BCUT2D eigenvalue weighted by atomic mass is 9.76. The zero-order valence-electron chi connectivity index (χ0n) is 14.7. The molecule has 120 valence electrons. The minimum absolute atomic E-state index is 0.245. The molecule has 0 N–H and O–H groups in total. The second-order valence-electron chi connectivity index (χ2n) is 8.21. The average Bonchev–Trinajstić information content (AvgIpc) is 2.68. The third-order valence-corrected chi connectivity index (χ3v) is 5.95. The van der Waals surface area contributed by atoms with Gasteiger partial charge in [-0.3, -0.25) is 0 Å². The van der Waals surface area contributed by atoms with E-state index in [1.807, 2.05) is 0 Å². The van der Waals surface area contributed by atoms with Crippen LogP contribution in [0.3, 0.4) is 0 Å². The quantitative estimate of drug-likeness (QED) is 0.759. The molecule has 0 spiro atoms. The molecule has 1 aromatic carbocycles. The SMILES string of the molecule is CC1(C)OB(c2ccc([C@H]3CC[C@H](C)CC3)cc2)OC1(C)C. The molecular formula is C19H29BO2. The van der Waals surface area contributed by atoms with Crippen molar-refractivity contribution in [2.24, 2.45) is 5.92 Å². The Bertz CT molecular complexity index is 497. The molecule has 0 bridgehead atoms. The summed E-state index contributed by atoms with van der Waals surface area (Å²) in [5.74, 6) is 1.64. The molecule has 1 aromatic rings. The van der Waals surface area contributed by atoms with Gasteiger partial charge < -0.3 is 9.31 Å². The van der Waals surface area contributed by atoms with Crippen LogP contribution < -0.4 is 5.46 Å². The van der Waals surface area contributed by atoms with E-state index in [2.05, 4.69) is 58.9 Å². The van der Waals surface area contributed by atoms with Gasteiger partial charge in [0.05, 0.1) is 11.2 Å². The molecule has 0 amide bonds. The maximum Gasteiger partial charge on any atom is 0.494 e. The molecule has 2 fully saturated rings. The Morgan fingerprint density at radius 2 is 1.36 bits per heavy atom. The highest BCUT2D eigenvalue weighted by Gasteiger charge is 2.51. The van der Waals surface area contributed by atoms with Crippen LogP contribution in [0.25, 0.3) is 0 Å². The lowest BCUT2D eigenvalue weighted by Crippen LogP contribution is -2.41. The third kappa shape index (κ3) is 2.98. The van der Waals surface area contributed by atoms with Gasteiger partial charge in [-0.05, 0) is 63.4 Å². The summed E-state index contributed by atoms with van der Waals surface area (Å²) in [4.78, 5) is 0. The second-order valence-corrected chi connectivity index (χ2v) is 8.21. The highest BCUT2D eigenvalue weighted by atomic mass is 16.7. The Labute approximate surface area is 135 Å². The van der Waals surface area contributed by atoms with Gasteiger partial charge in [0.15, 0.2) is 0 Å². The van der Waals surface area contributed by atoms with E-state index in [1.165, 1.54) is 31.2 Å². The van der Waals surface area contributed by atoms with Crippen LogP contribution in [0.1, 0.15) is 71.8 Å². The molecule has 1 saturated carbocycles. The largest absolute Gasteiger partial charge is 0.494 e. The van der Waals surface area contributed by atoms with Crippen LogP contribution >= 0.6 is 0 Å². The van der Waals surface area contributed by atoms with Crippen molar-refractivity contribution in [3.05, 3.63) is 29.8 Å².